The summed E-state index contributed by atoms with van der Waals surface area (Å²) in [5.74, 6) is 1.62. The van der Waals surface area contributed by atoms with E-state index in [0.717, 1.165) is 15.8 Å². The first-order valence-electron chi connectivity index (χ1n) is 10.2. The number of thioether (sulfide) groups is 1. The highest BCUT2D eigenvalue weighted by Gasteiger charge is 2.27. The van der Waals surface area contributed by atoms with Gasteiger partial charge in [0.05, 0.1) is 17.5 Å². The average Bonchev–Trinajstić information content (AvgIpc) is 3.52. The van der Waals surface area contributed by atoms with E-state index in [0.29, 0.717) is 43.6 Å². The summed E-state index contributed by atoms with van der Waals surface area (Å²) in [4.78, 5) is 26.3. The summed E-state index contributed by atoms with van der Waals surface area (Å²) in [5, 5.41) is 10.5. The van der Waals surface area contributed by atoms with E-state index in [9.17, 15) is 10.1 Å². The molecule has 4 heterocycles. The maximum Gasteiger partial charge on any atom is 0.266 e. The number of furan rings is 1. The second kappa shape index (κ2) is 8.77. The molecule has 1 aliphatic rings. The van der Waals surface area contributed by atoms with Crippen molar-refractivity contribution in [2.75, 3.05) is 36.8 Å². The number of piperazine rings is 1. The van der Waals surface area contributed by atoms with E-state index in [1.807, 2.05) is 40.1 Å². The van der Waals surface area contributed by atoms with Gasteiger partial charge in [-0.3, -0.25) is 9.78 Å². The number of aromatic nitrogens is 2. The number of nitriles is 1. The van der Waals surface area contributed by atoms with Crippen LogP contribution in [-0.2, 0) is 4.79 Å². The number of hydrogen-bond donors (Lipinski definition) is 0. The summed E-state index contributed by atoms with van der Waals surface area (Å²) < 4.78 is 11.1. The van der Waals surface area contributed by atoms with Crippen molar-refractivity contribution in [3.63, 3.8) is 0 Å². The van der Waals surface area contributed by atoms with Gasteiger partial charge in [-0.25, -0.2) is 0 Å². The van der Waals surface area contributed by atoms with Crippen LogP contribution in [0.25, 0.3) is 22.6 Å². The van der Waals surface area contributed by atoms with Crippen LogP contribution in [0.3, 0.4) is 0 Å². The number of para-hydroxylation sites is 1. The number of carbonyl (C=O) groups excluding carboxylic acids is 1. The Morgan fingerprint density at radius 2 is 1.97 bits per heavy atom. The molecule has 160 valence electrons. The Morgan fingerprint density at radius 3 is 2.75 bits per heavy atom. The molecule has 32 heavy (non-hydrogen) atoms. The molecule has 3 aromatic heterocycles. The monoisotopic (exact) mass is 445 g/mol. The maximum absolute atomic E-state index is 12.8. The number of rotatable bonds is 5. The van der Waals surface area contributed by atoms with E-state index >= 15 is 0 Å². The summed E-state index contributed by atoms with van der Waals surface area (Å²) in [7, 11) is 0. The number of hydrogen-bond acceptors (Lipinski definition) is 8. The smallest absolute Gasteiger partial charge is 0.266 e. The minimum atomic E-state index is 0.0879. The minimum absolute atomic E-state index is 0.0879. The standard InChI is InChI=1S/C23H19N5O3S/c24-14-18-23(31-22(26-18)19-6-3-13-30-19)28-11-9-27(10-12-28)21(29)15-32-20-7-8-25-17-5-2-1-4-16(17)20/h1-8,13H,9-12,15H2. The Bertz CT molecular complexity index is 1280. The molecule has 1 amide bonds. The summed E-state index contributed by atoms with van der Waals surface area (Å²) in [6.07, 6.45) is 3.30. The van der Waals surface area contributed by atoms with Gasteiger partial charge in [0.2, 0.25) is 17.5 Å². The molecule has 1 fully saturated rings. The van der Waals surface area contributed by atoms with Crippen LogP contribution in [0, 0.1) is 11.3 Å². The fraction of sp³-hybridized carbons (Fsp3) is 0.217. The summed E-state index contributed by atoms with van der Waals surface area (Å²) in [6, 6.07) is 15.4. The molecule has 1 aromatic carbocycles. The lowest BCUT2D eigenvalue weighted by molar-refractivity contribution is -0.128. The Kier molecular flexibility index (Phi) is 5.52. The highest BCUT2D eigenvalue weighted by Crippen LogP contribution is 2.30. The Balaban J connectivity index is 1.21. The third-order valence-corrected chi connectivity index (χ3v) is 6.39. The first kappa shape index (κ1) is 20.2. The van der Waals surface area contributed by atoms with Crippen LogP contribution in [0.2, 0.25) is 0 Å². The van der Waals surface area contributed by atoms with Gasteiger partial charge in [-0.15, -0.1) is 11.8 Å². The van der Waals surface area contributed by atoms with Gasteiger partial charge in [0, 0.05) is 42.7 Å². The lowest BCUT2D eigenvalue weighted by Crippen LogP contribution is -2.49. The van der Waals surface area contributed by atoms with Crippen molar-refractivity contribution in [3.8, 4) is 17.7 Å². The van der Waals surface area contributed by atoms with Gasteiger partial charge in [0.15, 0.2) is 5.76 Å². The van der Waals surface area contributed by atoms with E-state index < -0.39 is 0 Å². The van der Waals surface area contributed by atoms with E-state index in [2.05, 4.69) is 16.0 Å². The molecule has 8 nitrogen and oxygen atoms in total. The van der Waals surface area contributed by atoms with Gasteiger partial charge in [-0.2, -0.15) is 10.2 Å². The predicted molar refractivity (Wildman–Crippen MR) is 120 cm³/mol. The van der Waals surface area contributed by atoms with Crippen molar-refractivity contribution < 1.29 is 13.6 Å². The molecule has 0 bridgehead atoms. The fourth-order valence-corrected chi connectivity index (χ4v) is 4.64. The highest BCUT2D eigenvalue weighted by molar-refractivity contribution is 8.00. The van der Waals surface area contributed by atoms with Crippen molar-refractivity contribution in [3.05, 3.63) is 60.6 Å². The van der Waals surface area contributed by atoms with E-state index in [1.165, 1.54) is 18.0 Å². The SMILES string of the molecule is N#Cc1nc(-c2ccco2)oc1N1CCN(C(=O)CSc2ccnc3ccccc23)CC1. The first-order chi connectivity index (χ1) is 15.7. The highest BCUT2D eigenvalue weighted by atomic mass is 32.2. The number of oxazole rings is 1. The average molecular weight is 446 g/mol. The van der Waals surface area contributed by atoms with Crippen molar-refractivity contribution in [1.29, 1.82) is 5.26 Å². The molecule has 0 atom stereocenters. The number of nitrogens with zero attached hydrogens (tertiary/aromatic N) is 5. The Labute approximate surface area is 188 Å². The quantitative estimate of drug-likeness (QED) is 0.428. The van der Waals surface area contributed by atoms with Crippen molar-refractivity contribution in [2.45, 2.75) is 4.90 Å². The molecule has 0 saturated carbocycles. The van der Waals surface area contributed by atoms with E-state index in [-0.39, 0.29) is 17.5 Å². The molecule has 0 aliphatic carbocycles. The van der Waals surface area contributed by atoms with Crippen LogP contribution in [0.5, 0.6) is 0 Å². The van der Waals surface area contributed by atoms with Crippen molar-refractivity contribution >= 4 is 34.5 Å². The van der Waals surface area contributed by atoms with Crippen LogP contribution in [-0.4, -0.2) is 52.7 Å². The normalized spacial score (nSPS) is 14.0. The van der Waals surface area contributed by atoms with Crippen LogP contribution in [0.4, 0.5) is 5.88 Å². The van der Waals surface area contributed by atoms with Gasteiger partial charge in [0.25, 0.3) is 5.89 Å². The first-order valence-corrected chi connectivity index (χ1v) is 11.2. The summed E-state index contributed by atoms with van der Waals surface area (Å²) in [6.45, 7) is 2.24. The third kappa shape index (κ3) is 3.92. The molecule has 0 N–H and O–H groups in total. The topological polar surface area (TPSA) is 99.4 Å². The molecule has 4 aromatic rings. The second-order valence-electron chi connectivity index (χ2n) is 7.24. The molecular formula is C23H19N5O3S. The number of fused-ring (bicyclic) bond motifs is 1. The molecule has 5 rings (SSSR count). The van der Waals surface area contributed by atoms with Crippen LogP contribution in [0.15, 0.2) is 68.7 Å². The summed E-state index contributed by atoms with van der Waals surface area (Å²) in [5.41, 5.74) is 1.14. The maximum atomic E-state index is 12.8. The second-order valence-corrected chi connectivity index (χ2v) is 8.26. The van der Waals surface area contributed by atoms with Crippen LogP contribution < -0.4 is 4.90 Å². The van der Waals surface area contributed by atoms with Crippen molar-refractivity contribution in [2.24, 2.45) is 0 Å². The third-order valence-electron chi connectivity index (χ3n) is 5.33. The number of pyridine rings is 1. The van der Waals surface area contributed by atoms with Gasteiger partial charge in [-0.1, -0.05) is 18.2 Å². The van der Waals surface area contributed by atoms with Gasteiger partial charge in [0.1, 0.15) is 6.07 Å². The number of anilines is 1. The van der Waals surface area contributed by atoms with Gasteiger partial charge in [-0.05, 0) is 24.3 Å². The van der Waals surface area contributed by atoms with Gasteiger partial charge >= 0.3 is 0 Å². The molecule has 1 saturated heterocycles. The van der Waals surface area contributed by atoms with Crippen LogP contribution >= 0.6 is 11.8 Å². The lowest BCUT2D eigenvalue weighted by Gasteiger charge is -2.34. The van der Waals surface area contributed by atoms with E-state index in [4.69, 9.17) is 8.83 Å². The minimum Gasteiger partial charge on any atom is -0.459 e. The molecule has 0 unspecified atom stereocenters. The molecule has 0 radical (unpaired) electrons. The van der Waals surface area contributed by atoms with Crippen molar-refractivity contribution in [1.82, 2.24) is 14.9 Å². The molecular weight excluding hydrogens is 426 g/mol. The zero-order valence-corrected chi connectivity index (χ0v) is 17.9. The zero-order valence-electron chi connectivity index (χ0n) is 17.1. The number of amides is 1. The number of carbonyl (C=O) groups is 1. The Hall–Kier alpha value is -3.77. The zero-order chi connectivity index (χ0) is 21.9. The Morgan fingerprint density at radius 1 is 1.12 bits per heavy atom. The number of benzene rings is 1. The fourth-order valence-electron chi connectivity index (χ4n) is 3.69. The predicted octanol–water partition coefficient (Wildman–Crippen LogP) is 3.80. The molecule has 1 aliphatic heterocycles. The lowest BCUT2D eigenvalue weighted by atomic mass is 10.2. The molecule has 9 heteroatoms. The van der Waals surface area contributed by atoms with Gasteiger partial charge < -0.3 is 18.6 Å². The summed E-state index contributed by atoms with van der Waals surface area (Å²) >= 11 is 1.53. The van der Waals surface area contributed by atoms with E-state index in [1.54, 1.807) is 18.3 Å². The largest absolute Gasteiger partial charge is 0.459 e. The van der Waals surface area contributed by atoms with Crippen LogP contribution in [0.1, 0.15) is 5.69 Å². The molecule has 0 spiro atoms.